The van der Waals surface area contributed by atoms with Crippen LogP contribution in [0.4, 0.5) is 10.1 Å². The zero-order valence-corrected chi connectivity index (χ0v) is 17.2. The van der Waals surface area contributed by atoms with Crippen molar-refractivity contribution < 1.29 is 18.7 Å². The summed E-state index contributed by atoms with van der Waals surface area (Å²) >= 11 is 1.11. The third-order valence-corrected chi connectivity index (χ3v) is 5.27. The second kappa shape index (κ2) is 9.53. The van der Waals surface area contributed by atoms with Crippen LogP contribution in [0.5, 0.6) is 0 Å². The standard InChI is InChI=1S/C21H20FN3O4S/c1-13-3-8-18-23-17(9-20(27)25(18)10-13)11-29-21(28)14(2)30-12-19(26)24-16-6-4-15(22)5-7-16/h3-10,14H,11-12H2,1-2H3,(H,24,26)/t14-/m1/s1. The fourth-order valence-electron chi connectivity index (χ4n) is 2.59. The number of anilines is 1. The molecular weight excluding hydrogens is 409 g/mol. The van der Waals surface area contributed by atoms with Gasteiger partial charge in [-0.05, 0) is 49.7 Å². The number of nitrogens with one attached hydrogen (secondary N) is 1. The van der Waals surface area contributed by atoms with E-state index in [0.717, 1.165) is 17.3 Å². The van der Waals surface area contributed by atoms with E-state index in [1.165, 1.54) is 34.7 Å². The van der Waals surface area contributed by atoms with Gasteiger partial charge in [0.25, 0.3) is 5.56 Å². The number of carbonyl (C=O) groups is 2. The number of fused-ring (bicyclic) bond motifs is 1. The Bertz CT molecular complexity index is 1130. The lowest BCUT2D eigenvalue weighted by molar-refractivity contribution is -0.144. The number of hydrogen-bond donors (Lipinski definition) is 1. The van der Waals surface area contributed by atoms with Crippen LogP contribution in [0.15, 0.2) is 53.5 Å². The van der Waals surface area contributed by atoms with E-state index < -0.39 is 17.0 Å². The number of carbonyl (C=O) groups excluding carboxylic acids is 2. The van der Waals surface area contributed by atoms with Crippen molar-refractivity contribution >= 4 is 35.0 Å². The summed E-state index contributed by atoms with van der Waals surface area (Å²) in [4.78, 5) is 40.7. The van der Waals surface area contributed by atoms with Crippen molar-refractivity contribution in [1.29, 1.82) is 0 Å². The molecule has 0 radical (unpaired) electrons. The van der Waals surface area contributed by atoms with Crippen molar-refractivity contribution in [2.75, 3.05) is 11.1 Å². The Hall–Kier alpha value is -3.20. The van der Waals surface area contributed by atoms with Crippen LogP contribution < -0.4 is 10.9 Å². The van der Waals surface area contributed by atoms with Crippen molar-refractivity contribution in [2.45, 2.75) is 25.7 Å². The minimum Gasteiger partial charge on any atom is -0.458 e. The summed E-state index contributed by atoms with van der Waals surface area (Å²) in [6, 6.07) is 10.3. The molecule has 0 aliphatic heterocycles. The van der Waals surface area contributed by atoms with Crippen molar-refractivity contribution in [1.82, 2.24) is 9.38 Å². The smallest absolute Gasteiger partial charge is 0.319 e. The van der Waals surface area contributed by atoms with Gasteiger partial charge in [0.2, 0.25) is 5.91 Å². The molecule has 1 N–H and O–H groups in total. The molecule has 156 valence electrons. The van der Waals surface area contributed by atoms with E-state index in [9.17, 15) is 18.8 Å². The average Bonchev–Trinajstić information content (AvgIpc) is 2.72. The first-order valence-corrected chi connectivity index (χ1v) is 10.2. The molecule has 0 fully saturated rings. The van der Waals surface area contributed by atoms with Crippen LogP contribution in [0.25, 0.3) is 5.65 Å². The lowest BCUT2D eigenvalue weighted by Crippen LogP contribution is -2.22. The molecule has 7 nitrogen and oxygen atoms in total. The zero-order chi connectivity index (χ0) is 21.7. The van der Waals surface area contributed by atoms with Crippen LogP contribution in [0, 0.1) is 12.7 Å². The van der Waals surface area contributed by atoms with Crippen molar-refractivity contribution in [3.8, 4) is 0 Å². The molecule has 9 heteroatoms. The topological polar surface area (TPSA) is 89.8 Å². The number of hydrogen-bond acceptors (Lipinski definition) is 6. The number of nitrogens with zero attached hydrogens (tertiary/aromatic N) is 2. The van der Waals surface area contributed by atoms with Gasteiger partial charge < -0.3 is 10.1 Å². The Morgan fingerprint density at radius 1 is 1.23 bits per heavy atom. The number of amides is 1. The number of halogens is 1. The molecule has 2 aromatic heterocycles. The van der Waals surface area contributed by atoms with Crippen LogP contribution >= 0.6 is 11.8 Å². The first-order valence-electron chi connectivity index (χ1n) is 9.14. The maximum absolute atomic E-state index is 12.9. The summed E-state index contributed by atoms with van der Waals surface area (Å²) in [7, 11) is 0. The van der Waals surface area contributed by atoms with E-state index in [1.807, 2.05) is 13.0 Å². The quantitative estimate of drug-likeness (QED) is 0.581. The van der Waals surface area contributed by atoms with Gasteiger partial charge in [-0.15, -0.1) is 11.8 Å². The largest absolute Gasteiger partial charge is 0.458 e. The van der Waals surface area contributed by atoms with Gasteiger partial charge in [-0.1, -0.05) is 6.07 Å². The number of aromatic nitrogens is 2. The highest BCUT2D eigenvalue weighted by Crippen LogP contribution is 2.15. The van der Waals surface area contributed by atoms with Gasteiger partial charge in [-0.3, -0.25) is 18.8 Å². The van der Waals surface area contributed by atoms with Gasteiger partial charge in [0, 0.05) is 18.0 Å². The highest BCUT2D eigenvalue weighted by molar-refractivity contribution is 8.01. The minimum absolute atomic E-state index is 0.0303. The van der Waals surface area contributed by atoms with Crippen molar-refractivity contribution in [3.05, 3.63) is 76.1 Å². The van der Waals surface area contributed by atoms with Crippen molar-refractivity contribution in [3.63, 3.8) is 0 Å². The molecule has 0 unspecified atom stereocenters. The Morgan fingerprint density at radius 3 is 2.70 bits per heavy atom. The SMILES string of the molecule is Cc1ccc2nc(COC(=O)[C@@H](C)SCC(=O)Nc3ccc(F)cc3)cc(=O)n2c1. The molecule has 0 spiro atoms. The Balaban J connectivity index is 1.50. The molecule has 1 amide bonds. The van der Waals surface area contributed by atoms with E-state index in [2.05, 4.69) is 10.3 Å². The summed E-state index contributed by atoms with van der Waals surface area (Å²) in [5, 5.41) is 2.03. The molecule has 0 aliphatic carbocycles. The summed E-state index contributed by atoms with van der Waals surface area (Å²) < 4.78 is 19.6. The summed E-state index contributed by atoms with van der Waals surface area (Å²) in [5.74, 6) is -1.19. The van der Waals surface area contributed by atoms with Crippen molar-refractivity contribution in [2.24, 2.45) is 0 Å². The van der Waals surface area contributed by atoms with E-state index in [1.54, 1.807) is 19.2 Å². The minimum atomic E-state index is -0.590. The number of esters is 1. The number of pyridine rings is 1. The molecule has 1 aromatic carbocycles. The number of ether oxygens (including phenoxy) is 1. The predicted molar refractivity (Wildman–Crippen MR) is 113 cm³/mol. The van der Waals surface area contributed by atoms with E-state index in [4.69, 9.17) is 4.74 Å². The summed E-state index contributed by atoms with van der Waals surface area (Å²) in [5.41, 5.74) is 1.97. The average molecular weight is 429 g/mol. The normalized spacial score (nSPS) is 11.8. The Kier molecular flexibility index (Phi) is 6.83. The second-order valence-corrected chi connectivity index (χ2v) is 7.97. The molecule has 1 atom stereocenters. The lowest BCUT2D eigenvalue weighted by atomic mass is 10.3. The van der Waals surface area contributed by atoms with Crippen LogP contribution in [-0.4, -0.2) is 32.3 Å². The van der Waals surface area contributed by atoms with Gasteiger partial charge in [0.15, 0.2) is 0 Å². The zero-order valence-electron chi connectivity index (χ0n) is 16.4. The molecule has 3 rings (SSSR count). The number of thioether (sulfide) groups is 1. The van der Waals surface area contributed by atoms with Gasteiger partial charge in [0.05, 0.1) is 11.4 Å². The number of aryl methyl sites for hydroxylation is 1. The molecule has 0 bridgehead atoms. The van der Waals surface area contributed by atoms with E-state index in [-0.39, 0.29) is 23.8 Å². The van der Waals surface area contributed by atoms with Gasteiger partial charge >= 0.3 is 5.97 Å². The lowest BCUT2D eigenvalue weighted by Gasteiger charge is -2.11. The molecule has 0 aliphatic rings. The molecule has 0 saturated carbocycles. The van der Waals surface area contributed by atoms with E-state index >= 15 is 0 Å². The van der Waals surface area contributed by atoms with E-state index in [0.29, 0.717) is 17.0 Å². The summed E-state index contributed by atoms with van der Waals surface area (Å²) in [6.07, 6.45) is 1.69. The third-order valence-electron chi connectivity index (χ3n) is 4.15. The van der Waals surface area contributed by atoms with Crippen LogP contribution in [0.3, 0.4) is 0 Å². The van der Waals surface area contributed by atoms with Crippen LogP contribution in [0.1, 0.15) is 18.2 Å². The molecule has 2 heterocycles. The first kappa shape index (κ1) is 21.5. The fraction of sp³-hybridized carbons (Fsp3) is 0.238. The second-order valence-electron chi connectivity index (χ2n) is 6.64. The highest BCUT2D eigenvalue weighted by atomic mass is 32.2. The molecular formula is C21H20FN3O4S. The monoisotopic (exact) mass is 429 g/mol. The molecule has 3 aromatic rings. The van der Waals surface area contributed by atoms with Gasteiger partial charge in [-0.2, -0.15) is 0 Å². The third kappa shape index (κ3) is 5.66. The maximum atomic E-state index is 12.9. The number of rotatable bonds is 7. The van der Waals surface area contributed by atoms with Gasteiger partial charge in [0.1, 0.15) is 23.3 Å². The first-order chi connectivity index (χ1) is 14.3. The molecule has 0 saturated heterocycles. The predicted octanol–water partition coefficient (Wildman–Crippen LogP) is 2.95. The summed E-state index contributed by atoms with van der Waals surface area (Å²) in [6.45, 7) is 3.37. The Morgan fingerprint density at radius 2 is 1.97 bits per heavy atom. The molecule has 30 heavy (non-hydrogen) atoms. The highest BCUT2D eigenvalue weighted by Gasteiger charge is 2.17. The van der Waals surface area contributed by atoms with Crippen LogP contribution in [-0.2, 0) is 20.9 Å². The fourth-order valence-corrected chi connectivity index (χ4v) is 3.27. The number of benzene rings is 1. The van der Waals surface area contributed by atoms with Gasteiger partial charge in [-0.25, -0.2) is 9.37 Å². The van der Waals surface area contributed by atoms with Crippen LogP contribution in [0.2, 0.25) is 0 Å². The maximum Gasteiger partial charge on any atom is 0.319 e. The Labute approximate surface area is 176 Å².